The van der Waals surface area contributed by atoms with Gasteiger partial charge in [-0.1, -0.05) is 54.6 Å². The first-order valence-corrected chi connectivity index (χ1v) is 15.7. The number of nitrogens with one attached hydrogen (secondary N) is 1. The molecule has 4 fully saturated rings. The molecule has 3 aliphatic heterocycles. The largest absolute Gasteiger partial charge is 0.458 e. The van der Waals surface area contributed by atoms with Crippen molar-refractivity contribution in [2.45, 2.75) is 55.9 Å². The molecule has 13 nitrogen and oxygen atoms in total. The minimum atomic E-state index is -1.43. The minimum Gasteiger partial charge on any atom is -0.458 e. The molecule has 4 aliphatic rings. The van der Waals surface area contributed by atoms with Gasteiger partial charge in [0.1, 0.15) is 42.7 Å². The average Bonchev–Trinajstić information content (AvgIpc) is 3.70. The third-order valence-electron chi connectivity index (χ3n) is 9.42. The zero-order valence-electron chi connectivity index (χ0n) is 26.6. The number of esters is 1. The van der Waals surface area contributed by atoms with Crippen LogP contribution >= 0.6 is 0 Å². The maximum atomic E-state index is 14.9. The lowest BCUT2D eigenvalue weighted by atomic mass is 9.62. The van der Waals surface area contributed by atoms with E-state index in [0.29, 0.717) is 0 Å². The molecule has 47 heavy (non-hydrogen) atoms. The summed E-state index contributed by atoms with van der Waals surface area (Å²) in [6.07, 6.45) is 0.680. The highest BCUT2D eigenvalue weighted by Crippen LogP contribution is 2.56. The summed E-state index contributed by atoms with van der Waals surface area (Å²) in [5.74, 6) is -1.60. The van der Waals surface area contributed by atoms with Crippen molar-refractivity contribution in [2.24, 2.45) is 5.41 Å². The van der Waals surface area contributed by atoms with Crippen molar-refractivity contribution >= 4 is 29.8 Å². The fraction of sp³-hybridized carbons (Fsp3) is 0.471. The Kier molecular flexibility index (Phi) is 9.44. The SMILES string of the molecule is CN(C)C(=O)C=Cc1ccc(CN2O[C@@H]3[C@H]4OCO[C@H]4[C@@H]4C[C@]3(C(=O)N(C)[C@H](Cc3ccccc3)C(=O)NCCO)[C@@H]2C(=O)O4)cc1. The van der Waals surface area contributed by atoms with Gasteiger partial charge in [0.25, 0.3) is 0 Å². The van der Waals surface area contributed by atoms with Gasteiger partial charge in [-0.3, -0.25) is 24.0 Å². The number of carbonyl (C=O) groups excluding carboxylic acids is 4. The summed E-state index contributed by atoms with van der Waals surface area (Å²) in [5.41, 5.74) is 1.04. The normalized spacial score (nSPS) is 28.4. The fourth-order valence-corrected chi connectivity index (χ4v) is 7.05. The lowest BCUT2D eigenvalue weighted by Crippen LogP contribution is -2.70. The Morgan fingerprint density at radius 1 is 1.04 bits per heavy atom. The van der Waals surface area contributed by atoms with Crippen LogP contribution in [0.2, 0.25) is 0 Å². The van der Waals surface area contributed by atoms with Crippen molar-refractivity contribution in [3.8, 4) is 0 Å². The van der Waals surface area contributed by atoms with Gasteiger partial charge in [-0.2, -0.15) is 5.06 Å². The molecule has 0 spiro atoms. The highest BCUT2D eigenvalue weighted by molar-refractivity contribution is 5.96. The molecule has 0 aromatic heterocycles. The second-order valence-electron chi connectivity index (χ2n) is 12.5. The molecule has 7 atom stereocenters. The van der Waals surface area contributed by atoms with Gasteiger partial charge in [-0.15, -0.1) is 0 Å². The zero-order chi connectivity index (χ0) is 33.3. The number of aliphatic hydroxyl groups excluding tert-OH is 1. The monoisotopic (exact) mass is 648 g/mol. The van der Waals surface area contributed by atoms with Crippen molar-refractivity contribution in [1.82, 2.24) is 20.2 Å². The Hall–Kier alpha value is -4.14. The summed E-state index contributed by atoms with van der Waals surface area (Å²) >= 11 is 0. The number of hydrogen-bond acceptors (Lipinski definition) is 10. The van der Waals surface area contributed by atoms with E-state index in [1.54, 1.807) is 27.2 Å². The van der Waals surface area contributed by atoms with Gasteiger partial charge in [0.05, 0.1) is 13.2 Å². The topological polar surface area (TPSA) is 147 Å². The molecule has 0 radical (unpaired) electrons. The summed E-state index contributed by atoms with van der Waals surface area (Å²) in [4.78, 5) is 63.5. The molecular formula is C34H40N4O9. The average molecular weight is 649 g/mol. The van der Waals surface area contributed by atoms with Crippen LogP contribution in [-0.4, -0.2) is 121 Å². The van der Waals surface area contributed by atoms with Crippen molar-refractivity contribution < 1.29 is 43.3 Å². The van der Waals surface area contributed by atoms with Crippen molar-refractivity contribution in [3.05, 3.63) is 77.4 Å². The molecule has 250 valence electrons. The van der Waals surface area contributed by atoms with Crippen molar-refractivity contribution in [3.63, 3.8) is 0 Å². The number of nitrogens with zero attached hydrogens (tertiary/aromatic N) is 3. The lowest BCUT2D eigenvalue weighted by molar-refractivity contribution is -0.204. The molecule has 2 N–H and O–H groups in total. The van der Waals surface area contributed by atoms with Gasteiger partial charge in [-0.05, 0) is 22.8 Å². The first-order valence-electron chi connectivity index (χ1n) is 15.7. The maximum Gasteiger partial charge on any atom is 0.327 e. The van der Waals surface area contributed by atoms with Crippen LogP contribution in [0.25, 0.3) is 6.08 Å². The molecule has 13 heteroatoms. The standard InChI is InChI=1S/C34H40N4O9/c1-36(2)26(40)14-13-21-9-11-23(12-10-21)19-38-29-32(42)46-25-18-34(29,30(47-38)28-27(25)44-20-45-28)33(43)37(3)24(31(41)35-15-16-39)17-22-7-5-4-6-8-22/h4-14,24-25,27-30,39H,15-20H2,1-3H3,(H,35,41)/t24-,25+,27+,28+,29+,30-,34+/m1/s1. The molecule has 1 saturated carbocycles. The highest BCUT2D eigenvalue weighted by Gasteiger charge is 2.75. The molecule has 2 aromatic rings. The fourth-order valence-electron chi connectivity index (χ4n) is 7.05. The molecule has 6 rings (SSSR count). The van der Waals surface area contributed by atoms with Gasteiger partial charge in [0.15, 0.2) is 6.04 Å². The van der Waals surface area contributed by atoms with E-state index in [2.05, 4.69) is 5.32 Å². The molecule has 2 bridgehead atoms. The van der Waals surface area contributed by atoms with Gasteiger partial charge < -0.3 is 34.4 Å². The molecule has 3 amide bonds. The van der Waals surface area contributed by atoms with E-state index >= 15 is 0 Å². The molecule has 1 aliphatic carbocycles. The minimum absolute atomic E-state index is 0.0283. The van der Waals surface area contributed by atoms with Gasteiger partial charge in [0.2, 0.25) is 17.7 Å². The number of fused-ring (bicyclic) bond motifs is 4. The molecular weight excluding hydrogens is 608 g/mol. The maximum absolute atomic E-state index is 14.9. The predicted octanol–water partition coefficient (Wildman–Crippen LogP) is 0.508. The van der Waals surface area contributed by atoms with Crippen LogP contribution in [0.1, 0.15) is 23.1 Å². The molecule has 2 aromatic carbocycles. The summed E-state index contributed by atoms with van der Waals surface area (Å²) in [6, 6.07) is 14.7. The van der Waals surface area contributed by atoms with Gasteiger partial charge in [-0.25, -0.2) is 0 Å². The van der Waals surface area contributed by atoms with Crippen LogP contribution in [0.4, 0.5) is 0 Å². The summed E-state index contributed by atoms with van der Waals surface area (Å²) in [7, 11) is 4.92. The molecule has 3 saturated heterocycles. The number of amides is 3. The summed E-state index contributed by atoms with van der Waals surface area (Å²) in [6.45, 7) is -0.0937. The van der Waals surface area contributed by atoms with E-state index < -0.39 is 59.7 Å². The first kappa shape index (κ1) is 32.8. The quantitative estimate of drug-likeness (QED) is 0.261. The first-order chi connectivity index (χ1) is 22.6. The van der Waals surface area contributed by atoms with E-state index in [1.165, 1.54) is 20.9 Å². The van der Waals surface area contributed by atoms with Crippen LogP contribution in [0.5, 0.6) is 0 Å². The smallest absolute Gasteiger partial charge is 0.327 e. The van der Waals surface area contributed by atoms with Crippen molar-refractivity contribution in [1.29, 1.82) is 0 Å². The number of benzene rings is 2. The van der Waals surface area contributed by atoms with Crippen LogP contribution in [0.3, 0.4) is 0 Å². The van der Waals surface area contributed by atoms with E-state index in [9.17, 15) is 24.3 Å². The second-order valence-corrected chi connectivity index (χ2v) is 12.5. The van der Waals surface area contributed by atoms with Gasteiger partial charge >= 0.3 is 5.97 Å². The van der Waals surface area contributed by atoms with Crippen molar-refractivity contribution in [2.75, 3.05) is 41.1 Å². The number of hydroxylamine groups is 2. The summed E-state index contributed by atoms with van der Waals surface area (Å²) < 4.78 is 17.7. The number of hydrogen-bond donors (Lipinski definition) is 2. The van der Waals surface area contributed by atoms with Gasteiger partial charge in [0, 0.05) is 46.6 Å². The van der Waals surface area contributed by atoms with E-state index in [4.69, 9.17) is 19.0 Å². The Bertz CT molecular complexity index is 1520. The summed E-state index contributed by atoms with van der Waals surface area (Å²) in [5, 5.41) is 13.6. The number of likely N-dealkylation sites (N-methyl/N-ethyl adjacent to an activating group) is 2. The highest BCUT2D eigenvalue weighted by atomic mass is 16.8. The lowest BCUT2D eigenvalue weighted by Gasteiger charge is -2.50. The molecule has 0 unspecified atom stereocenters. The Labute approximate surface area is 272 Å². The Morgan fingerprint density at radius 2 is 1.77 bits per heavy atom. The van der Waals surface area contributed by atoms with Crippen LogP contribution in [-0.2, 0) is 51.2 Å². The number of aliphatic hydroxyl groups is 1. The zero-order valence-corrected chi connectivity index (χ0v) is 26.6. The number of rotatable bonds is 11. The van der Waals surface area contributed by atoms with Crippen LogP contribution in [0.15, 0.2) is 60.7 Å². The Balaban J connectivity index is 1.31. The molecule has 3 heterocycles. The number of carbonyl (C=O) groups is 4. The predicted molar refractivity (Wildman–Crippen MR) is 167 cm³/mol. The second kappa shape index (κ2) is 13.5. The van der Waals surface area contributed by atoms with E-state index in [-0.39, 0.29) is 45.2 Å². The van der Waals surface area contributed by atoms with E-state index in [0.717, 1.165) is 16.7 Å². The third kappa shape index (κ3) is 6.17. The number of ether oxygens (including phenoxy) is 3. The van der Waals surface area contributed by atoms with Crippen LogP contribution in [0, 0.1) is 5.41 Å². The Morgan fingerprint density at radius 3 is 2.47 bits per heavy atom. The van der Waals surface area contributed by atoms with E-state index in [1.807, 2.05) is 54.6 Å². The third-order valence-corrected chi connectivity index (χ3v) is 9.42. The van der Waals surface area contributed by atoms with Crippen LogP contribution < -0.4 is 5.32 Å².